The summed E-state index contributed by atoms with van der Waals surface area (Å²) in [5.41, 5.74) is 3.84. The molecule has 7 nitrogen and oxygen atoms in total. The van der Waals surface area contributed by atoms with Crippen LogP contribution in [0.5, 0.6) is 5.75 Å². The highest BCUT2D eigenvalue weighted by atomic mass is 32.2. The van der Waals surface area contributed by atoms with E-state index in [1.54, 1.807) is 31.4 Å². The molecule has 2 amide bonds. The van der Waals surface area contributed by atoms with E-state index in [0.717, 1.165) is 16.1 Å². The summed E-state index contributed by atoms with van der Waals surface area (Å²) < 4.78 is 5.15. The van der Waals surface area contributed by atoms with Crippen LogP contribution >= 0.6 is 23.1 Å². The average molecular weight is 531 g/mol. The van der Waals surface area contributed by atoms with Gasteiger partial charge in [-0.1, -0.05) is 36.0 Å². The van der Waals surface area contributed by atoms with Gasteiger partial charge in [0.05, 0.1) is 35.5 Å². The Labute approximate surface area is 224 Å². The van der Waals surface area contributed by atoms with E-state index >= 15 is 0 Å². The first-order chi connectivity index (χ1) is 17.9. The molecule has 0 aliphatic carbocycles. The monoisotopic (exact) mass is 530 g/mol. The van der Waals surface area contributed by atoms with Gasteiger partial charge >= 0.3 is 0 Å². The number of benzene rings is 2. The number of rotatable bonds is 8. The number of aryl methyl sites for hydroxylation is 1. The highest BCUT2D eigenvalue weighted by molar-refractivity contribution is 8.03. The molecular weight excluding hydrogens is 504 g/mol. The molecular formula is C28H26N4O3S2. The topological polar surface area (TPSA) is 103 Å². The van der Waals surface area contributed by atoms with Crippen LogP contribution in [-0.4, -0.2) is 24.7 Å². The lowest BCUT2D eigenvalue weighted by Crippen LogP contribution is -2.31. The van der Waals surface area contributed by atoms with Crippen molar-refractivity contribution in [2.45, 2.75) is 19.8 Å². The lowest BCUT2D eigenvalue weighted by Gasteiger charge is -2.29. The van der Waals surface area contributed by atoms with E-state index in [1.165, 1.54) is 23.1 Å². The fraction of sp³-hybridized carbons (Fsp3) is 0.179. The number of thiophene rings is 1. The Hall–Kier alpha value is -4.00. The molecule has 0 saturated heterocycles. The lowest BCUT2D eigenvalue weighted by molar-refractivity contribution is -0.114. The van der Waals surface area contributed by atoms with Crippen molar-refractivity contribution in [3.05, 3.63) is 98.4 Å². The summed E-state index contributed by atoms with van der Waals surface area (Å²) in [6.07, 6.45) is 0. The third-order valence-electron chi connectivity index (χ3n) is 5.83. The van der Waals surface area contributed by atoms with Crippen LogP contribution in [0.4, 0.5) is 11.4 Å². The second-order valence-corrected chi connectivity index (χ2v) is 10.3. The van der Waals surface area contributed by atoms with E-state index in [0.29, 0.717) is 33.3 Å². The van der Waals surface area contributed by atoms with Gasteiger partial charge in [-0.3, -0.25) is 9.59 Å². The van der Waals surface area contributed by atoms with Gasteiger partial charge in [0.1, 0.15) is 5.75 Å². The maximum absolute atomic E-state index is 13.5. The van der Waals surface area contributed by atoms with Crippen molar-refractivity contribution in [2.24, 2.45) is 0 Å². The van der Waals surface area contributed by atoms with Gasteiger partial charge in [-0.15, -0.1) is 11.3 Å². The van der Waals surface area contributed by atoms with Gasteiger partial charge in [-0.05, 0) is 61.2 Å². The number of carbonyl (C=O) groups is 2. The highest BCUT2D eigenvalue weighted by Gasteiger charge is 2.35. The summed E-state index contributed by atoms with van der Waals surface area (Å²) in [5.74, 6) is -0.227. The zero-order valence-electron chi connectivity index (χ0n) is 20.6. The minimum atomic E-state index is -0.539. The number of carbonyl (C=O) groups excluding carboxylic acids is 2. The fourth-order valence-electron chi connectivity index (χ4n) is 3.98. The molecule has 1 atom stereocenters. The van der Waals surface area contributed by atoms with Crippen molar-refractivity contribution < 1.29 is 14.3 Å². The number of ether oxygens (including phenoxy) is 1. The standard InChI is InChI=1S/C28H26N4O3S2/c1-17-7-4-5-8-22(17)32-27(34)25-18(2)30-28(21(15-29)26(25)23-9-6-14-36-23)37-16-24(33)31-19-10-12-20(35-3)13-11-19/h4-14,26,30H,16H2,1-3H3,(H,31,33)(H,32,34). The summed E-state index contributed by atoms with van der Waals surface area (Å²) in [4.78, 5) is 27.0. The third-order valence-corrected chi connectivity index (χ3v) is 7.79. The molecule has 3 aromatic rings. The molecule has 0 saturated carbocycles. The summed E-state index contributed by atoms with van der Waals surface area (Å²) in [6.45, 7) is 3.75. The van der Waals surface area contributed by atoms with Gasteiger partial charge in [0.15, 0.2) is 0 Å². The molecule has 37 heavy (non-hydrogen) atoms. The zero-order valence-corrected chi connectivity index (χ0v) is 22.3. The first kappa shape index (κ1) is 26.1. The van der Waals surface area contributed by atoms with Gasteiger partial charge in [0.2, 0.25) is 5.91 Å². The summed E-state index contributed by atoms with van der Waals surface area (Å²) in [5, 5.41) is 21.7. The predicted molar refractivity (Wildman–Crippen MR) is 149 cm³/mol. The van der Waals surface area contributed by atoms with E-state index in [-0.39, 0.29) is 17.6 Å². The van der Waals surface area contributed by atoms with Crippen LogP contribution in [-0.2, 0) is 9.59 Å². The molecule has 3 N–H and O–H groups in total. The Morgan fingerprint density at radius 2 is 1.84 bits per heavy atom. The maximum atomic E-state index is 13.5. The largest absolute Gasteiger partial charge is 0.497 e. The highest BCUT2D eigenvalue weighted by Crippen LogP contribution is 2.42. The van der Waals surface area contributed by atoms with Crippen molar-refractivity contribution in [3.8, 4) is 11.8 Å². The number of hydrogen-bond acceptors (Lipinski definition) is 7. The third kappa shape index (κ3) is 6.05. The Balaban J connectivity index is 1.56. The quantitative estimate of drug-likeness (QED) is 0.342. The first-order valence-electron chi connectivity index (χ1n) is 11.5. The van der Waals surface area contributed by atoms with Gasteiger partial charge < -0.3 is 20.7 Å². The molecule has 4 rings (SSSR count). The number of methoxy groups -OCH3 is 1. The number of nitrogens with zero attached hydrogens (tertiary/aromatic N) is 1. The maximum Gasteiger partial charge on any atom is 0.254 e. The van der Waals surface area contributed by atoms with Crippen LogP contribution < -0.4 is 20.7 Å². The normalized spacial score (nSPS) is 15.0. The molecule has 9 heteroatoms. The van der Waals surface area contributed by atoms with Crippen LogP contribution in [0.2, 0.25) is 0 Å². The van der Waals surface area contributed by atoms with Crippen LogP contribution in [0, 0.1) is 18.3 Å². The second-order valence-electron chi connectivity index (χ2n) is 8.30. The van der Waals surface area contributed by atoms with E-state index in [9.17, 15) is 14.9 Å². The van der Waals surface area contributed by atoms with Crippen molar-refractivity contribution in [3.63, 3.8) is 0 Å². The zero-order chi connectivity index (χ0) is 26.4. The minimum absolute atomic E-state index is 0.0920. The van der Waals surface area contributed by atoms with Crippen molar-refractivity contribution in [1.29, 1.82) is 5.26 Å². The number of hydrogen-bond donors (Lipinski definition) is 3. The first-order valence-corrected chi connectivity index (χ1v) is 13.4. The number of anilines is 2. The Kier molecular flexibility index (Phi) is 8.33. The van der Waals surface area contributed by atoms with Gasteiger partial charge in [-0.25, -0.2) is 0 Å². The van der Waals surface area contributed by atoms with E-state index in [2.05, 4.69) is 22.0 Å². The average Bonchev–Trinajstić information content (AvgIpc) is 3.43. The molecule has 1 unspecified atom stereocenters. The van der Waals surface area contributed by atoms with Crippen molar-refractivity contribution >= 4 is 46.3 Å². The van der Waals surface area contributed by atoms with E-state index in [1.807, 2.05) is 55.6 Å². The predicted octanol–water partition coefficient (Wildman–Crippen LogP) is 5.77. The molecule has 0 radical (unpaired) electrons. The Morgan fingerprint density at radius 3 is 2.49 bits per heavy atom. The van der Waals surface area contributed by atoms with E-state index in [4.69, 9.17) is 4.74 Å². The number of para-hydroxylation sites is 1. The minimum Gasteiger partial charge on any atom is -0.497 e. The molecule has 188 valence electrons. The smallest absolute Gasteiger partial charge is 0.254 e. The van der Waals surface area contributed by atoms with Gasteiger partial charge in [0, 0.05) is 27.5 Å². The van der Waals surface area contributed by atoms with Crippen molar-refractivity contribution in [1.82, 2.24) is 5.32 Å². The van der Waals surface area contributed by atoms with Crippen LogP contribution in [0.3, 0.4) is 0 Å². The molecule has 0 spiro atoms. The Bertz CT molecular complexity index is 1400. The summed E-state index contributed by atoms with van der Waals surface area (Å²) >= 11 is 2.72. The molecule has 0 fully saturated rings. The number of nitriles is 1. The number of amides is 2. The van der Waals surface area contributed by atoms with Crippen LogP contribution in [0.1, 0.15) is 23.3 Å². The molecule has 2 heterocycles. The fourth-order valence-corrected chi connectivity index (χ4v) is 5.71. The number of allylic oxidation sites excluding steroid dienone is 2. The van der Waals surface area contributed by atoms with Crippen LogP contribution in [0.15, 0.2) is 87.9 Å². The Morgan fingerprint density at radius 1 is 1.08 bits per heavy atom. The van der Waals surface area contributed by atoms with E-state index < -0.39 is 5.92 Å². The molecule has 0 bridgehead atoms. The van der Waals surface area contributed by atoms with Gasteiger partial charge in [0.25, 0.3) is 5.91 Å². The molecule has 1 aliphatic rings. The van der Waals surface area contributed by atoms with Crippen molar-refractivity contribution in [2.75, 3.05) is 23.5 Å². The number of thioether (sulfide) groups is 1. The number of dihydropyridines is 1. The molecule has 1 aliphatic heterocycles. The van der Waals surface area contributed by atoms with Gasteiger partial charge in [-0.2, -0.15) is 5.26 Å². The summed E-state index contributed by atoms with van der Waals surface area (Å²) in [7, 11) is 1.58. The second kappa shape index (κ2) is 11.8. The van der Waals surface area contributed by atoms with Crippen LogP contribution in [0.25, 0.3) is 0 Å². The number of nitrogens with one attached hydrogen (secondary N) is 3. The molecule has 2 aromatic carbocycles. The lowest BCUT2D eigenvalue weighted by atomic mass is 9.86. The SMILES string of the molecule is COc1ccc(NC(=O)CSC2=C(C#N)C(c3cccs3)C(C(=O)Nc3ccccc3C)=C(C)N2)cc1. The molecule has 1 aromatic heterocycles. The summed E-state index contributed by atoms with van der Waals surface area (Å²) in [6, 6.07) is 20.8.